The standard InChI is InChI=1S/C10H21N3O4/c1-4-16-9(17-5-2)6-10(3,12-13-11)8(15)7-14/h8-9,14-15H,4-7H2,1-3H3/t8-,10+/m1/s1. The highest BCUT2D eigenvalue weighted by molar-refractivity contribution is 4.91. The summed E-state index contributed by atoms with van der Waals surface area (Å²) in [6.07, 6.45) is -1.54. The van der Waals surface area contributed by atoms with Crippen LogP contribution in [-0.4, -0.2) is 48.0 Å². The van der Waals surface area contributed by atoms with Gasteiger partial charge in [0.1, 0.15) is 0 Å². The third-order valence-corrected chi connectivity index (χ3v) is 2.45. The van der Waals surface area contributed by atoms with E-state index in [9.17, 15) is 5.11 Å². The molecular formula is C10H21N3O4. The van der Waals surface area contributed by atoms with Crippen LogP contribution in [0.5, 0.6) is 0 Å². The van der Waals surface area contributed by atoms with Crippen LogP contribution in [0.15, 0.2) is 5.11 Å². The molecular weight excluding hydrogens is 226 g/mol. The van der Waals surface area contributed by atoms with Gasteiger partial charge >= 0.3 is 0 Å². The van der Waals surface area contributed by atoms with Gasteiger partial charge in [0.05, 0.1) is 18.2 Å². The Balaban J connectivity index is 4.75. The number of nitrogens with zero attached hydrogens (tertiary/aromatic N) is 3. The number of hydrogen-bond donors (Lipinski definition) is 2. The van der Waals surface area contributed by atoms with Crippen molar-refractivity contribution in [2.45, 2.75) is 45.1 Å². The Morgan fingerprint density at radius 3 is 2.24 bits per heavy atom. The molecule has 0 amide bonds. The number of rotatable bonds is 9. The molecule has 0 aliphatic heterocycles. The van der Waals surface area contributed by atoms with E-state index >= 15 is 0 Å². The lowest BCUT2D eigenvalue weighted by Crippen LogP contribution is -2.43. The summed E-state index contributed by atoms with van der Waals surface area (Å²) in [6, 6.07) is 0. The molecule has 0 saturated heterocycles. The summed E-state index contributed by atoms with van der Waals surface area (Å²) >= 11 is 0. The van der Waals surface area contributed by atoms with Crippen molar-refractivity contribution in [2.24, 2.45) is 5.11 Å². The van der Waals surface area contributed by atoms with E-state index in [-0.39, 0.29) is 6.42 Å². The van der Waals surface area contributed by atoms with E-state index in [0.717, 1.165) is 0 Å². The van der Waals surface area contributed by atoms with Crippen molar-refractivity contribution >= 4 is 0 Å². The molecule has 17 heavy (non-hydrogen) atoms. The minimum Gasteiger partial charge on any atom is -0.394 e. The summed E-state index contributed by atoms with van der Waals surface area (Å²) in [7, 11) is 0. The number of aliphatic hydroxyl groups is 2. The smallest absolute Gasteiger partial charge is 0.158 e. The topological polar surface area (TPSA) is 108 Å². The summed E-state index contributed by atoms with van der Waals surface area (Å²) in [5, 5.41) is 22.2. The van der Waals surface area contributed by atoms with E-state index < -0.39 is 24.5 Å². The first-order valence-corrected chi connectivity index (χ1v) is 5.62. The Morgan fingerprint density at radius 2 is 1.88 bits per heavy atom. The molecule has 0 saturated carbocycles. The number of ether oxygens (including phenoxy) is 2. The van der Waals surface area contributed by atoms with Gasteiger partial charge in [-0.15, -0.1) is 0 Å². The molecule has 0 spiro atoms. The Hall–Kier alpha value is -0.850. The van der Waals surface area contributed by atoms with Crippen LogP contribution in [-0.2, 0) is 9.47 Å². The van der Waals surface area contributed by atoms with Crippen molar-refractivity contribution in [3.05, 3.63) is 10.4 Å². The summed E-state index contributed by atoms with van der Waals surface area (Å²) in [4.78, 5) is 2.69. The van der Waals surface area contributed by atoms with Gasteiger partial charge in [0.15, 0.2) is 6.29 Å². The van der Waals surface area contributed by atoms with Gasteiger partial charge in [0.25, 0.3) is 0 Å². The predicted molar refractivity (Wildman–Crippen MR) is 62.3 cm³/mol. The van der Waals surface area contributed by atoms with E-state index in [4.69, 9.17) is 20.1 Å². The monoisotopic (exact) mass is 247 g/mol. The highest BCUT2D eigenvalue weighted by Crippen LogP contribution is 2.24. The molecule has 7 heteroatoms. The molecule has 0 radical (unpaired) electrons. The second kappa shape index (κ2) is 8.27. The molecule has 7 nitrogen and oxygen atoms in total. The van der Waals surface area contributed by atoms with Gasteiger partial charge in [-0.1, -0.05) is 12.0 Å². The van der Waals surface area contributed by atoms with Crippen molar-refractivity contribution in [2.75, 3.05) is 19.8 Å². The van der Waals surface area contributed by atoms with Crippen molar-refractivity contribution in [3.63, 3.8) is 0 Å². The Labute approximate surface area is 101 Å². The van der Waals surface area contributed by atoms with Gasteiger partial charge in [-0.3, -0.25) is 0 Å². The Bertz CT molecular complexity index is 252. The first-order valence-electron chi connectivity index (χ1n) is 5.62. The zero-order valence-electron chi connectivity index (χ0n) is 10.5. The average molecular weight is 247 g/mol. The van der Waals surface area contributed by atoms with Crippen LogP contribution in [0, 0.1) is 0 Å². The van der Waals surface area contributed by atoms with Crippen LogP contribution in [0.1, 0.15) is 27.2 Å². The van der Waals surface area contributed by atoms with Gasteiger partial charge in [-0.05, 0) is 19.4 Å². The minimum atomic E-state index is -1.15. The molecule has 0 aromatic rings. The van der Waals surface area contributed by atoms with Crippen LogP contribution in [0.2, 0.25) is 0 Å². The van der Waals surface area contributed by atoms with Gasteiger partial charge < -0.3 is 19.7 Å². The summed E-state index contributed by atoms with van der Waals surface area (Å²) < 4.78 is 10.6. The van der Waals surface area contributed by atoms with Crippen molar-refractivity contribution in [3.8, 4) is 0 Å². The third-order valence-electron chi connectivity index (χ3n) is 2.45. The van der Waals surface area contributed by atoms with Gasteiger partial charge in [-0.25, -0.2) is 0 Å². The number of azide groups is 1. The molecule has 0 aliphatic carbocycles. The molecule has 0 rings (SSSR count). The average Bonchev–Trinajstić information content (AvgIpc) is 2.29. The first-order chi connectivity index (χ1) is 8.03. The molecule has 0 unspecified atom stereocenters. The second-order valence-electron chi connectivity index (χ2n) is 3.79. The Kier molecular flexibility index (Phi) is 7.86. The Morgan fingerprint density at radius 1 is 1.35 bits per heavy atom. The van der Waals surface area contributed by atoms with Crippen LogP contribution in [0.3, 0.4) is 0 Å². The summed E-state index contributed by atoms with van der Waals surface area (Å²) in [6.45, 7) is 5.61. The SMILES string of the molecule is CCOC(C[C@](C)(N=[N+]=[N-])[C@H](O)CO)OCC. The van der Waals surface area contributed by atoms with Crippen molar-refractivity contribution in [1.82, 2.24) is 0 Å². The molecule has 2 atom stereocenters. The predicted octanol–water partition coefficient (Wildman–Crippen LogP) is 1.20. The quantitative estimate of drug-likeness (QED) is 0.276. The zero-order valence-corrected chi connectivity index (χ0v) is 10.5. The largest absolute Gasteiger partial charge is 0.394 e. The van der Waals surface area contributed by atoms with E-state index in [1.165, 1.54) is 0 Å². The highest BCUT2D eigenvalue weighted by Gasteiger charge is 2.35. The third kappa shape index (κ3) is 5.34. The van der Waals surface area contributed by atoms with Crippen LogP contribution < -0.4 is 0 Å². The summed E-state index contributed by atoms with van der Waals surface area (Å²) in [5.74, 6) is 0. The molecule has 2 N–H and O–H groups in total. The molecule has 0 aromatic heterocycles. The van der Waals surface area contributed by atoms with Crippen molar-refractivity contribution < 1.29 is 19.7 Å². The fourth-order valence-corrected chi connectivity index (χ4v) is 1.42. The van der Waals surface area contributed by atoms with Gasteiger partial charge in [0, 0.05) is 24.5 Å². The molecule has 0 fully saturated rings. The van der Waals surface area contributed by atoms with Gasteiger partial charge in [-0.2, -0.15) is 0 Å². The zero-order chi connectivity index (χ0) is 13.3. The maximum absolute atomic E-state index is 9.67. The highest BCUT2D eigenvalue weighted by atomic mass is 16.7. The summed E-state index contributed by atoms with van der Waals surface area (Å²) in [5.41, 5.74) is 7.35. The van der Waals surface area contributed by atoms with Crippen LogP contribution in [0.4, 0.5) is 0 Å². The lowest BCUT2D eigenvalue weighted by molar-refractivity contribution is -0.154. The normalized spacial score (nSPS) is 16.4. The molecule has 0 aliphatic rings. The first kappa shape index (κ1) is 16.1. The molecule has 0 bridgehead atoms. The minimum absolute atomic E-state index is 0.181. The maximum Gasteiger partial charge on any atom is 0.158 e. The fraction of sp³-hybridized carbons (Fsp3) is 1.00. The fourth-order valence-electron chi connectivity index (χ4n) is 1.42. The van der Waals surface area contributed by atoms with Gasteiger partial charge in [0.2, 0.25) is 0 Å². The van der Waals surface area contributed by atoms with Crippen LogP contribution in [0.25, 0.3) is 10.4 Å². The lowest BCUT2D eigenvalue weighted by atomic mass is 9.92. The maximum atomic E-state index is 9.67. The lowest BCUT2D eigenvalue weighted by Gasteiger charge is -2.31. The molecule has 0 heterocycles. The van der Waals surface area contributed by atoms with E-state index in [2.05, 4.69) is 10.0 Å². The van der Waals surface area contributed by atoms with E-state index in [1.807, 2.05) is 13.8 Å². The number of hydrogen-bond acceptors (Lipinski definition) is 5. The van der Waals surface area contributed by atoms with Crippen molar-refractivity contribution in [1.29, 1.82) is 0 Å². The number of aliphatic hydroxyl groups excluding tert-OH is 2. The van der Waals surface area contributed by atoms with E-state index in [0.29, 0.717) is 13.2 Å². The van der Waals surface area contributed by atoms with Crippen LogP contribution >= 0.6 is 0 Å². The molecule has 0 aromatic carbocycles. The molecule has 100 valence electrons. The van der Waals surface area contributed by atoms with E-state index in [1.54, 1.807) is 6.92 Å². The second-order valence-corrected chi connectivity index (χ2v) is 3.79.